The minimum atomic E-state index is 0.0180. The highest BCUT2D eigenvalue weighted by Crippen LogP contribution is 2.20. The highest BCUT2D eigenvalue weighted by molar-refractivity contribution is 7.13. The van der Waals surface area contributed by atoms with Gasteiger partial charge in [-0.25, -0.2) is 4.98 Å². The number of benzene rings is 1. The molecule has 1 aromatic heterocycles. The van der Waals surface area contributed by atoms with Crippen LogP contribution in [-0.2, 0) is 22.5 Å². The Bertz CT molecular complexity index is 779. The highest BCUT2D eigenvalue weighted by Gasteiger charge is 2.22. The van der Waals surface area contributed by atoms with E-state index in [4.69, 9.17) is 4.74 Å². The SMILES string of the molecule is Cc1ccc(CCC(=O)Nc2nc(CN3CC(C)OC(C)C3)cs2)c(C)c1. The molecule has 1 aromatic carbocycles. The largest absolute Gasteiger partial charge is 0.373 e. The van der Waals surface area contributed by atoms with Gasteiger partial charge in [0.15, 0.2) is 5.13 Å². The molecular weight excluding hydrogens is 358 g/mol. The number of ether oxygens (including phenoxy) is 1. The summed E-state index contributed by atoms with van der Waals surface area (Å²) in [7, 11) is 0. The fourth-order valence-corrected chi connectivity index (χ4v) is 4.35. The molecule has 27 heavy (non-hydrogen) atoms. The monoisotopic (exact) mass is 387 g/mol. The number of aromatic nitrogens is 1. The molecule has 1 saturated heterocycles. The second-order valence-electron chi connectivity index (χ2n) is 7.57. The molecule has 1 amide bonds. The number of morpholine rings is 1. The zero-order valence-electron chi connectivity index (χ0n) is 16.6. The number of thiazole rings is 1. The number of anilines is 1. The van der Waals surface area contributed by atoms with Crippen molar-refractivity contribution in [3.63, 3.8) is 0 Å². The molecule has 0 aliphatic carbocycles. The van der Waals surface area contributed by atoms with Gasteiger partial charge in [0.25, 0.3) is 0 Å². The average molecular weight is 388 g/mol. The van der Waals surface area contributed by atoms with Gasteiger partial charge in [-0.2, -0.15) is 0 Å². The number of carbonyl (C=O) groups is 1. The van der Waals surface area contributed by atoms with Crippen molar-refractivity contribution in [3.8, 4) is 0 Å². The van der Waals surface area contributed by atoms with Gasteiger partial charge in [-0.05, 0) is 45.2 Å². The van der Waals surface area contributed by atoms with E-state index in [1.807, 2.05) is 5.38 Å². The number of nitrogens with one attached hydrogen (secondary N) is 1. The van der Waals surface area contributed by atoms with E-state index in [0.29, 0.717) is 11.6 Å². The lowest BCUT2D eigenvalue weighted by atomic mass is 10.0. The van der Waals surface area contributed by atoms with Crippen LogP contribution < -0.4 is 5.32 Å². The van der Waals surface area contributed by atoms with Gasteiger partial charge in [-0.1, -0.05) is 23.8 Å². The number of hydrogen-bond acceptors (Lipinski definition) is 5. The van der Waals surface area contributed by atoms with Crippen molar-refractivity contribution in [1.29, 1.82) is 0 Å². The van der Waals surface area contributed by atoms with E-state index in [9.17, 15) is 4.79 Å². The second-order valence-corrected chi connectivity index (χ2v) is 8.43. The first-order chi connectivity index (χ1) is 12.9. The third-order valence-electron chi connectivity index (χ3n) is 4.80. The number of aryl methyl sites for hydroxylation is 3. The van der Waals surface area contributed by atoms with Crippen LogP contribution in [0.4, 0.5) is 5.13 Å². The molecule has 0 saturated carbocycles. The third-order valence-corrected chi connectivity index (χ3v) is 5.60. The molecule has 1 aliphatic heterocycles. The van der Waals surface area contributed by atoms with Crippen LogP contribution in [-0.4, -0.2) is 41.1 Å². The minimum Gasteiger partial charge on any atom is -0.373 e. The lowest BCUT2D eigenvalue weighted by Crippen LogP contribution is -2.44. The van der Waals surface area contributed by atoms with Gasteiger partial charge in [0, 0.05) is 31.4 Å². The van der Waals surface area contributed by atoms with E-state index >= 15 is 0 Å². The number of hydrogen-bond donors (Lipinski definition) is 1. The van der Waals surface area contributed by atoms with E-state index in [1.165, 1.54) is 28.0 Å². The molecule has 2 atom stereocenters. The molecule has 0 bridgehead atoms. The van der Waals surface area contributed by atoms with E-state index in [2.05, 4.69) is 61.1 Å². The van der Waals surface area contributed by atoms with Crippen LogP contribution in [0, 0.1) is 13.8 Å². The van der Waals surface area contributed by atoms with E-state index in [1.54, 1.807) is 0 Å². The maximum Gasteiger partial charge on any atom is 0.226 e. The lowest BCUT2D eigenvalue weighted by molar-refractivity contribution is -0.116. The summed E-state index contributed by atoms with van der Waals surface area (Å²) in [6.07, 6.45) is 1.71. The molecule has 146 valence electrons. The number of nitrogens with zero attached hydrogens (tertiary/aromatic N) is 2. The van der Waals surface area contributed by atoms with Crippen LogP contribution in [0.15, 0.2) is 23.6 Å². The zero-order chi connectivity index (χ0) is 19.4. The summed E-state index contributed by atoms with van der Waals surface area (Å²) in [5, 5.41) is 5.66. The Morgan fingerprint density at radius 1 is 1.30 bits per heavy atom. The first-order valence-electron chi connectivity index (χ1n) is 9.57. The normalized spacial score (nSPS) is 20.6. The summed E-state index contributed by atoms with van der Waals surface area (Å²) < 4.78 is 5.77. The molecule has 0 radical (unpaired) electrons. The molecule has 5 nitrogen and oxygen atoms in total. The summed E-state index contributed by atoms with van der Waals surface area (Å²) in [5.41, 5.74) is 4.73. The van der Waals surface area contributed by atoms with Gasteiger partial charge in [0.05, 0.1) is 17.9 Å². The third kappa shape index (κ3) is 5.86. The fraction of sp³-hybridized carbons (Fsp3) is 0.524. The van der Waals surface area contributed by atoms with Gasteiger partial charge in [0.2, 0.25) is 5.91 Å². The quantitative estimate of drug-likeness (QED) is 0.816. The van der Waals surface area contributed by atoms with Crippen LogP contribution in [0.3, 0.4) is 0 Å². The van der Waals surface area contributed by atoms with Crippen LogP contribution in [0.25, 0.3) is 0 Å². The predicted molar refractivity (Wildman–Crippen MR) is 110 cm³/mol. The van der Waals surface area contributed by atoms with Crippen molar-refractivity contribution in [1.82, 2.24) is 9.88 Å². The van der Waals surface area contributed by atoms with Gasteiger partial charge in [-0.3, -0.25) is 9.69 Å². The molecule has 2 aromatic rings. The van der Waals surface area contributed by atoms with Crippen molar-refractivity contribution in [2.45, 2.75) is 59.3 Å². The van der Waals surface area contributed by atoms with Crippen molar-refractivity contribution < 1.29 is 9.53 Å². The number of amides is 1. The topological polar surface area (TPSA) is 54.5 Å². The molecule has 2 unspecified atom stereocenters. The highest BCUT2D eigenvalue weighted by atomic mass is 32.1. The summed E-state index contributed by atoms with van der Waals surface area (Å²) in [6, 6.07) is 6.37. The Morgan fingerprint density at radius 3 is 2.74 bits per heavy atom. The molecule has 3 rings (SSSR count). The summed E-state index contributed by atoms with van der Waals surface area (Å²) in [4.78, 5) is 19.2. The minimum absolute atomic E-state index is 0.0180. The molecular formula is C21H29N3O2S. The lowest BCUT2D eigenvalue weighted by Gasteiger charge is -2.34. The van der Waals surface area contributed by atoms with Gasteiger partial charge < -0.3 is 10.1 Å². The maximum atomic E-state index is 12.3. The Balaban J connectivity index is 1.49. The molecule has 0 spiro atoms. The Hall–Kier alpha value is -1.76. The van der Waals surface area contributed by atoms with Crippen molar-refractivity contribution in [3.05, 3.63) is 46.0 Å². The summed E-state index contributed by atoms with van der Waals surface area (Å²) in [5.74, 6) is 0.0180. The van der Waals surface area contributed by atoms with Crippen molar-refractivity contribution >= 4 is 22.4 Å². The molecule has 1 N–H and O–H groups in total. The van der Waals surface area contributed by atoms with Crippen LogP contribution in [0.5, 0.6) is 0 Å². The van der Waals surface area contributed by atoms with E-state index in [0.717, 1.165) is 31.7 Å². The first-order valence-corrected chi connectivity index (χ1v) is 10.4. The molecule has 1 fully saturated rings. The smallest absolute Gasteiger partial charge is 0.226 e. The standard InChI is InChI=1S/C21H29N3O2S/c1-14-5-6-18(15(2)9-14)7-8-20(25)23-21-22-19(13-27-21)12-24-10-16(3)26-17(4)11-24/h5-6,9,13,16-17H,7-8,10-12H2,1-4H3,(H,22,23,25). The van der Waals surface area contributed by atoms with Gasteiger partial charge >= 0.3 is 0 Å². The van der Waals surface area contributed by atoms with Crippen LogP contribution in [0.2, 0.25) is 0 Å². The molecule has 6 heteroatoms. The number of rotatable bonds is 6. The predicted octanol–water partition coefficient (Wildman–Crippen LogP) is 3.94. The fourth-order valence-electron chi connectivity index (χ4n) is 3.64. The van der Waals surface area contributed by atoms with Crippen LogP contribution in [0.1, 0.15) is 42.7 Å². The maximum absolute atomic E-state index is 12.3. The molecule has 2 heterocycles. The first kappa shape index (κ1) is 20.0. The van der Waals surface area contributed by atoms with E-state index in [-0.39, 0.29) is 18.1 Å². The summed E-state index contributed by atoms with van der Waals surface area (Å²) >= 11 is 1.49. The Morgan fingerprint density at radius 2 is 2.04 bits per heavy atom. The number of carbonyl (C=O) groups excluding carboxylic acids is 1. The second kappa shape index (κ2) is 8.95. The van der Waals surface area contributed by atoms with Gasteiger partial charge in [0.1, 0.15) is 0 Å². The van der Waals surface area contributed by atoms with Crippen molar-refractivity contribution in [2.75, 3.05) is 18.4 Å². The zero-order valence-corrected chi connectivity index (χ0v) is 17.4. The van der Waals surface area contributed by atoms with Crippen LogP contribution >= 0.6 is 11.3 Å². The average Bonchev–Trinajstić information content (AvgIpc) is 3.00. The molecule has 1 aliphatic rings. The summed E-state index contributed by atoms with van der Waals surface area (Å²) in [6.45, 7) is 11.0. The van der Waals surface area contributed by atoms with E-state index < -0.39 is 0 Å². The Labute approximate surface area is 165 Å². The van der Waals surface area contributed by atoms with Crippen molar-refractivity contribution in [2.24, 2.45) is 0 Å². The van der Waals surface area contributed by atoms with Gasteiger partial charge in [-0.15, -0.1) is 11.3 Å². The Kier molecular flexibility index (Phi) is 6.63.